The van der Waals surface area contributed by atoms with Gasteiger partial charge in [-0.1, -0.05) is 28.1 Å². The lowest BCUT2D eigenvalue weighted by Crippen LogP contribution is -2.41. The lowest BCUT2D eigenvalue weighted by Gasteiger charge is -2.08. The Morgan fingerprint density at radius 3 is 1.75 bits per heavy atom. The Hall–Kier alpha value is -2.67. The summed E-state index contributed by atoms with van der Waals surface area (Å²) in [4.78, 5) is 34.8. The van der Waals surface area contributed by atoms with E-state index in [1.165, 1.54) is 6.92 Å². The van der Waals surface area contributed by atoms with Crippen molar-refractivity contribution < 1.29 is 14.4 Å². The van der Waals surface area contributed by atoms with E-state index in [9.17, 15) is 14.4 Å². The SMILES string of the molecule is CC(=O)NCc1ccc(C(=O)NNC(=O)c2ccc(Br)cc2)cc1. The number of rotatable bonds is 4. The van der Waals surface area contributed by atoms with Crippen LogP contribution in [0, 0.1) is 0 Å². The number of hydrogen-bond donors (Lipinski definition) is 3. The van der Waals surface area contributed by atoms with E-state index in [0.29, 0.717) is 17.7 Å². The van der Waals surface area contributed by atoms with Crippen LogP contribution in [0.2, 0.25) is 0 Å². The van der Waals surface area contributed by atoms with Crippen molar-refractivity contribution in [1.82, 2.24) is 16.2 Å². The van der Waals surface area contributed by atoms with Crippen molar-refractivity contribution >= 4 is 33.7 Å². The van der Waals surface area contributed by atoms with Gasteiger partial charge in [-0.2, -0.15) is 0 Å². The predicted molar refractivity (Wildman–Crippen MR) is 93.0 cm³/mol. The zero-order chi connectivity index (χ0) is 17.5. The molecular weight excluding hydrogens is 374 g/mol. The Bertz CT molecular complexity index is 743. The van der Waals surface area contributed by atoms with Crippen LogP contribution in [0.3, 0.4) is 0 Å². The van der Waals surface area contributed by atoms with Gasteiger partial charge in [0.25, 0.3) is 11.8 Å². The Morgan fingerprint density at radius 1 is 0.833 bits per heavy atom. The van der Waals surface area contributed by atoms with Gasteiger partial charge < -0.3 is 5.32 Å². The molecule has 0 unspecified atom stereocenters. The zero-order valence-electron chi connectivity index (χ0n) is 12.9. The molecule has 0 heterocycles. The van der Waals surface area contributed by atoms with Crippen LogP contribution in [-0.2, 0) is 11.3 Å². The topological polar surface area (TPSA) is 87.3 Å². The number of hydrazine groups is 1. The third kappa shape index (κ3) is 5.20. The van der Waals surface area contributed by atoms with E-state index in [2.05, 4.69) is 32.1 Å². The molecule has 2 rings (SSSR count). The van der Waals surface area contributed by atoms with Gasteiger partial charge in [-0.05, 0) is 42.0 Å². The lowest BCUT2D eigenvalue weighted by atomic mass is 10.1. The largest absolute Gasteiger partial charge is 0.352 e. The Kier molecular flexibility index (Phi) is 6.08. The van der Waals surface area contributed by atoms with Crippen LogP contribution in [0.15, 0.2) is 53.0 Å². The van der Waals surface area contributed by atoms with Gasteiger partial charge in [-0.25, -0.2) is 0 Å². The molecule has 124 valence electrons. The van der Waals surface area contributed by atoms with Gasteiger partial charge in [0.05, 0.1) is 0 Å². The molecule has 2 aromatic carbocycles. The summed E-state index contributed by atoms with van der Waals surface area (Å²) in [5, 5.41) is 2.67. The van der Waals surface area contributed by atoms with Crippen molar-refractivity contribution in [2.45, 2.75) is 13.5 Å². The molecule has 0 radical (unpaired) electrons. The van der Waals surface area contributed by atoms with Crippen LogP contribution in [0.1, 0.15) is 33.2 Å². The maximum Gasteiger partial charge on any atom is 0.269 e. The molecule has 0 saturated carbocycles. The molecule has 0 fully saturated rings. The van der Waals surface area contributed by atoms with Crippen LogP contribution < -0.4 is 16.2 Å². The average Bonchev–Trinajstić information content (AvgIpc) is 2.58. The van der Waals surface area contributed by atoms with Crippen LogP contribution in [0.5, 0.6) is 0 Å². The molecule has 6 nitrogen and oxygen atoms in total. The van der Waals surface area contributed by atoms with Crippen molar-refractivity contribution in [2.24, 2.45) is 0 Å². The molecule has 3 amide bonds. The average molecular weight is 390 g/mol. The summed E-state index contributed by atoms with van der Waals surface area (Å²) in [6.45, 7) is 1.84. The highest BCUT2D eigenvalue weighted by atomic mass is 79.9. The first-order valence-electron chi connectivity index (χ1n) is 7.15. The van der Waals surface area contributed by atoms with Crippen LogP contribution in [0.25, 0.3) is 0 Å². The van der Waals surface area contributed by atoms with Crippen molar-refractivity contribution in [3.8, 4) is 0 Å². The minimum atomic E-state index is -0.425. The van der Waals surface area contributed by atoms with Crippen LogP contribution >= 0.6 is 15.9 Å². The number of benzene rings is 2. The molecule has 0 saturated heterocycles. The van der Waals surface area contributed by atoms with Crippen molar-refractivity contribution in [2.75, 3.05) is 0 Å². The predicted octanol–water partition coefficient (Wildman–Crippen LogP) is 2.16. The van der Waals surface area contributed by atoms with Gasteiger partial charge in [0.15, 0.2) is 0 Å². The molecule has 0 aliphatic rings. The Balaban J connectivity index is 1.89. The highest BCUT2D eigenvalue weighted by Gasteiger charge is 2.09. The number of carbonyl (C=O) groups is 3. The standard InChI is InChI=1S/C17H16BrN3O3/c1-11(22)19-10-12-2-4-13(5-3-12)16(23)20-21-17(24)14-6-8-15(18)9-7-14/h2-9H,10H2,1H3,(H,19,22)(H,20,23)(H,21,24). The monoisotopic (exact) mass is 389 g/mol. The maximum absolute atomic E-state index is 12.0. The van der Waals surface area contributed by atoms with E-state index in [1.54, 1.807) is 48.5 Å². The van der Waals surface area contributed by atoms with Crippen molar-refractivity contribution in [3.63, 3.8) is 0 Å². The van der Waals surface area contributed by atoms with E-state index >= 15 is 0 Å². The number of carbonyl (C=O) groups excluding carboxylic acids is 3. The fourth-order valence-corrected chi connectivity index (χ4v) is 2.12. The second-order valence-electron chi connectivity index (χ2n) is 5.02. The van der Waals surface area contributed by atoms with Gasteiger partial charge in [0.1, 0.15) is 0 Å². The minimum Gasteiger partial charge on any atom is -0.352 e. The number of hydrogen-bond acceptors (Lipinski definition) is 3. The first-order chi connectivity index (χ1) is 11.5. The highest BCUT2D eigenvalue weighted by Crippen LogP contribution is 2.10. The molecule has 0 aliphatic heterocycles. The van der Waals surface area contributed by atoms with E-state index < -0.39 is 11.8 Å². The summed E-state index contributed by atoms with van der Waals surface area (Å²) in [6, 6.07) is 13.5. The summed E-state index contributed by atoms with van der Waals surface area (Å²) >= 11 is 3.29. The third-order valence-corrected chi connectivity index (χ3v) is 3.68. The zero-order valence-corrected chi connectivity index (χ0v) is 14.5. The van der Waals surface area contributed by atoms with Crippen molar-refractivity contribution in [3.05, 3.63) is 69.7 Å². The Morgan fingerprint density at radius 2 is 1.29 bits per heavy atom. The van der Waals surface area contributed by atoms with Crippen molar-refractivity contribution in [1.29, 1.82) is 0 Å². The van der Waals surface area contributed by atoms with E-state index in [0.717, 1.165) is 10.0 Å². The minimum absolute atomic E-state index is 0.118. The molecule has 24 heavy (non-hydrogen) atoms. The van der Waals surface area contributed by atoms with Gasteiger partial charge in [-0.15, -0.1) is 0 Å². The summed E-state index contributed by atoms with van der Waals surface area (Å²) < 4.78 is 0.863. The number of amides is 3. The third-order valence-electron chi connectivity index (χ3n) is 3.15. The van der Waals surface area contributed by atoms with Crippen LogP contribution in [0.4, 0.5) is 0 Å². The molecule has 0 aromatic heterocycles. The summed E-state index contributed by atoms with van der Waals surface area (Å²) in [7, 11) is 0. The normalized spacial score (nSPS) is 9.92. The fourth-order valence-electron chi connectivity index (χ4n) is 1.86. The van der Waals surface area contributed by atoms with Gasteiger partial charge in [0, 0.05) is 29.1 Å². The molecule has 0 aliphatic carbocycles. The second kappa shape index (κ2) is 8.26. The van der Waals surface area contributed by atoms with Crippen LogP contribution in [-0.4, -0.2) is 17.7 Å². The number of nitrogens with one attached hydrogen (secondary N) is 3. The van der Waals surface area contributed by atoms with Gasteiger partial charge in [-0.3, -0.25) is 25.2 Å². The summed E-state index contributed by atoms with van der Waals surface area (Å²) in [5.41, 5.74) is 6.43. The maximum atomic E-state index is 12.0. The summed E-state index contributed by atoms with van der Waals surface area (Å²) in [6.07, 6.45) is 0. The highest BCUT2D eigenvalue weighted by molar-refractivity contribution is 9.10. The van der Waals surface area contributed by atoms with E-state index in [4.69, 9.17) is 0 Å². The molecule has 2 aromatic rings. The quantitative estimate of drug-likeness (QED) is 0.700. The van der Waals surface area contributed by atoms with Gasteiger partial charge in [0.2, 0.25) is 5.91 Å². The first kappa shape index (κ1) is 17.7. The smallest absolute Gasteiger partial charge is 0.269 e. The molecule has 0 spiro atoms. The molecular formula is C17H16BrN3O3. The number of halogens is 1. The lowest BCUT2D eigenvalue weighted by molar-refractivity contribution is -0.119. The fraction of sp³-hybridized carbons (Fsp3) is 0.118. The van der Waals surface area contributed by atoms with Gasteiger partial charge >= 0.3 is 0 Å². The molecule has 3 N–H and O–H groups in total. The van der Waals surface area contributed by atoms with E-state index in [-0.39, 0.29) is 5.91 Å². The summed E-state index contributed by atoms with van der Waals surface area (Å²) in [5.74, 6) is -0.947. The molecule has 0 bridgehead atoms. The molecule has 7 heteroatoms. The first-order valence-corrected chi connectivity index (χ1v) is 7.94. The van der Waals surface area contributed by atoms with E-state index in [1.807, 2.05) is 0 Å². The Labute approximate surface area is 147 Å². The second-order valence-corrected chi connectivity index (χ2v) is 5.94. The molecule has 0 atom stereocenters.